The Balaban J connectivity index is 1.69. The summed E-state index contributed by atoms with van der Waals surface area (Å²) in [7, 11) is 0. The quantitative estimate of drug-likeness (QED) is 0.865. The third-order valence-electron chi connectivity index (χ3n) is 4.23. The fourth-order valence-corrected chi connectivity index (χ4v) is 2.93. The number of hydrogen-bond donors (Lipinski definition) is 0. The molecule has 0 radical (unpaired) electrons. The Kier molecular flexibility index (Phi) is 4.55. The lowest BCUT2D eigenvalue weighted by Gasteiger charge is -2.29. The molecule has 120 valence electrons. The second kappa shape index (κ2) is 6.77. The van der Waals surface area contributed by atoms with Gasteiger partial charge < -0.3 is 4.90 Å². The molecule has 0 atom stereocenters. The summed E-state index contributed by atoms with van der Waals surface area (Å²) in [5.41, 5.74) is 3.12. The van der Waals surface area contributed by atoms with Crippen molar-refractivity contribution < 1.29 is 4.79 Å². The van der Waals surface area contributed by atoms with Crippen molar-refractivity contribution in [3.63, 3.8) is 0 Å². The number of aryl methyl sites for hydroxylation is 1. The maximum Gasteiger partial charge on any atom is 0.253 e. The van der Waals surface area contributed by atoms with Crippen LogP contribution in [0.4, 0.5) is 0 Å². The van der Waals surface area contributed by atoms with E-state index in [1.165, 1.54) is 28.1 Å². The van der Waals surface area contributed by atoms with Crippen LogP contribution in [0, 0.1) is 0 Å². The Morgan fingerprint density at radius 3 is 2.78 bits per heavy atom. The molecular weight excluding hydrogens is 290 g/mol. The monoisotopic (exact) mass is 311 g/mol. The van der Waals surface area contributed by atoms with Crippen molar-refractivity contribution in [2.24, 2.45) is 0 Å². The third-order valence-corrected chi connectivity index (χ3v) is 4.23. The molecule has 23 heavy (non-hydrogen) atoms. The fraction of sp³-hybridized carbons (Fsp3) is 0.389. The fourth-order valence-electron chi connectivity index (χ4n) is 2.93. The summed E-state index contributed by atoms with van der Waals surface area (Å²) < 4.78 is 1.39. The van der Waals surface area contributed by atoms with Gasteiger partial charge in [-0.05, 0) is 24.0 Å². The van der Waals surface area contributed by atoms with Crippen molar-refractivity contribution in [3.05, 3.63) is 63.8 Å². The van der Waals surface area contributed by atoms with Crippen LogP contribution in [0.5, 0.6) is 0 Å². The van der Waals surface area contributed by atoms with Gasteiger partial charge in [-0.3, -0.25) is 14.2 Å². The van der Waals surface area contributed by atoms with Crippen molar-refractivity contribution >= 4 is 5.91 Å². The predicted molar refractivity (Wildman–Crippen MR) is 88.1 cm³/mol. The van der Waals surface area contributed by atoms with E-state index in [-0.39, 0.29) is 18.0 Å². The summed E-state index contributed by atoms with van der Waals surface area (Å²) >= 11 is 0. The molecular formula is C18H21N3O2. The van der Waals surface area contributed by atoms with Gasteiger partial charge in [-0.1, -0.05) is 37.6 Å². The van der Waals surface area contributed by atoms with Gasteiger partial charge in [0.25, 0.3) is 5.56 Å². The first-order valence-electron chi connectivity index (χ1n) is 8.07. The van der Waals surface area contributed by atoms with E-state index in [4.69, 9.17) is 0 Å². The van der Waals surface area contributed by atoms with Crippen molar-refractivity contribution in [1.29, 1.82) is 0 Å². The molecule has 1 aliphatic heterocycles. The SMILES string of the molecule is CCCc1cc(=O)n(CC(=O)N2CCc3ccccc3C2)cn1. The lowest BCUT2D eigenvalue weighted by atomic mass is 10.00. The Morgan fingerprint density at radius 1 is 1.26 bits per heavy atom. The van der Waals surface area contributed by atoms with E-state index in [2.05, 4.69) is 17.1 Å². The van der Waals surface area contributed by atoms with Gasteiger partial charge >= 0.3 is 0 Å². The molecule has 2 aromatic rings. The lowest BCUT2D eigenvalue weighted by Crippen LogP contribution is -2.39. The van der Waals surface area contributed by atoms with Crippen molar-refractivity contribution in [2.75, 3.05) is 6.54 Å². The number of carbonyl (C=O) groups excluding carboxylic acids is 1. The van der Waals surface area contributed by atoms with E-state index in [0.29, 0.717) is 13.1 Å². The normalized spacial score (nSPS) is 13.7. The highest BCUT2D eigenvalue weighted by Gasteiger charge is 2.20. The van der Waals surface area contributed by atoms with Crippen LogP contribution in [0.3, 0.4) is 0 Å². The summed E-state index contributed by atoms with van der Waals surface area (Å²) in [5, 5.41) is 0. The molecule has 0 fully saturated rings. The van der Waals surface area contributed by atoms with Crippen molar-refractivity contribution in [2.45, 2.75) is 39.3 Å². The van der Waals surface area contributed by atoms with Gasteiger partial charge in [0.05, 0.1) is 6.33 Å². The van der Waals surface area contributed by atoms with E-state index in [0.717, 1.165) is 25.0 Å². The van der Waals surface area contributed by atoms with Gasteiger partial charge in [-0.15, -0.1) is 0 Å². The van der Waals surface area contributed by atoms with Crippen LogP contribution in [0.25, 0.3) is 0 Å². The minimum Gasteiger partial charge on any atom is -0.336 e. The zero-order chi connectivity index (χ0) is 16.2. The van der Waals surface area contributed by atoms with Crippen LogP contribution in [0.15, 0.2) is 41.5 Å². The van der Waals surface area contributed by atoms with Crippen LogP contribution < -0.4 is 5.56 Å². The molecule has 0 spiro atoms. The Morgan fingerprint density at radius 2 is 2.04 bits per heavy atom. The molecule has 5 heteroatoms. The minimum atomic E-state index is -0.158. The molecule has 2 heterocycles. The molecule has 3 rings (SSSR count). The molecule has 1 aromatic heterocycles. The second-order valence-electron chi connectivity index (χ2n) is 5.93. The molecule has 1 aliphatic rings. The summed E-state index contributed by atoms with van der Waals surface area (Å²) in [6.07, 6.45) is 4.09. The Bertz CT molecular complexity index is 767. The number of amides is 1. The Labute approximate surface area is 135 Å². The predicted octanol–water partition coefficient (Wildman–Crippen LogP) is 1.78. The smallest absolute Gasteiger partial charge is 0.253 e. The molecule has 0 saturated carbocycles. The maximum atomic E-state index is 12.5. The van der Waals surface area contributed by atoms with Gasteiger partial charge in [0.15, 0.2) is 0 Å². The summed E-state index contributed by atoms with van der Waals surface area (Å²) in [6, 6.07) is 9.72. The molecule has 1 amide bonds. The first kappa shape index (κ1) is 15.5. The first-order chi connectivity index (χ1) is 11.2. The average molecular weight is 311 g/mol. The highest BCUT2D eigenvalue weighted by molar-refractivity contribution is 5.76. The third kappa shape index (κ3) is 3.50. The zero-order valence-corrected chi connectivity index (χ0v) is 13.4. The van der Waals surface area contributed by atoms with Crippen LogP contribution in [0.1, 0.15) is 30.2 Å². The van der Waals surface area contributed by atoms with Crippen LogP contribution >= 0.6 is 0 Å². The number of carbonyl (C=O) groups is 1. The van der Waals surface area contributed by atoms with Crippen LogP contribution in [-0.2, 0) is 30.7 Å². The molecule has 0 N–H and O–H groups in total. The molecule has 0 aliphatic carbocycles. The largest absolute Gasteiger partial charge is 0.336 e. The number of rotatable bonds is 4. The number of benzene rings is 1. The van der Waals surface area contributed by atoms with E-state index in [1.807, 2.05) is 24.0 Å². The zero-order valence-electron chi connectivity index (χ0n) is 13.4. The molecule has 0 unspecified atom stereocenters. The number of fused-ring (bicyclic) bond motifs is 1. The van der Waals surface area contributed by atoms with Crippen molar-refractivity contribution in [1.82, 2.24) is 14.5 Å². The highest BCUT2D eigenvalue weighted by Crippen LogP contribution is 2.18. The maximum absolute atomic E-state index is 12.5. The van der Waals surface area contributed by atoms with E-state index in [1.54, 1.807) is 0 Å². The van der Waals surface area contributed by atoms with Crippen LogP contribution in [0.2, 0.25) is 0 Å². The van der Waals surface area contributed by atoms with Gasteiger partial charge in [0.2, 0.25) is 5.91 Å². The van der Waals surface area contributed by atoms with Gasteiger partial charge in [-0.25, -0.2) is 4.98 Å². The average Bonchev–Trinajstić information content (AvgIpc) is 2.57. The second-order valence-corrected chi connectivity index (χ2v) is 5.93. The topological polar surface area (TPSA) is 55.2 Å². The molecule has 0 saturated heterocycles. The van der Waals surface area contributed by atoms with E-state index >= 15 is 0 Å². The number of nitrogens with zero attached hydrogens (tertiary/aromatic N) is 3. The Hall–Kier alpha value is -2.43. The number of hydrogen-bond acceptors (Lipinski definition) is 3. The lowest BCUT2D eigenvalue weighted by molar-refractivity contribution is -0.132. The highest BCUT2D eigenvalue weighted by atomic mass is 16.2. The van der Waals surface area contributed by atoms with Gasteiger partial charge in [-0.2, -0.15) is 0 Å². The minimum absolute atomic E-state index is 0.0355. The molecule has 1 aromatic carbocycles. The van der Waals surface area contributed by atoms with Gasteiger partial charge in [0, 0.05) is 24.8 Å². The first-order valence-corrected chi connectivity index (χ1v) is 8.07. The summed E-state index contributed by atoms with van der Waals surface area (Å²) in [6.45, 7) is 3.42. The number of aromatic nitrogens is 2. The van der Waals surface area contributed by atoms with Gasteiger partial charge in [0.1, 0.15) is 6.54 Å². The summed E-state index contributed by atoms with van der Waals surface area (Å²) in [5.74, 6) is -0.0355. The molecule has 0 bridgehead atoms. The summed E-state index contributed by atoms with van der Waals surface area (Å²) in [4.78, 5) is 30.6. The molecule has 5 nitrogen and oxygen atoms in total. The van der Waals surface area contributed by atoms with E-state index < -0.39 is 0 Å². The van der Waals surface area contributed by atoms with Crippen LogP contribution in [-0.4, -0.2) is 26.9 Å². The van der Waals surface area contributed by atoms with Crippen molar-refractivity contribution in [3.8, 4) is 0 Å². The van der Waals surface area contributed by atoms with E-state index in [9.17, 15) is 9.59 Å². The standard InChI is InChI=1S/C18H21N3O2/c1-2-5-16-10-17(22)21(13-19-16)12-18(23)20-9-8-14-6-3-4-7-15(14)11-20/h3-4,6-7,10,13H,2,5,8-9,11-12H2,1H3.